The second kappa shape index (κ2) is 11.6. The van der Waals surface area contributed by atoms with Gasteiger partial charge in [0.05, 0.1) is 6.10 Å². The maximum atomic E-state index is 12.2. The highest BCUT2D eigenvalue weighted by atomic mass is 35.5. The number of benzene rings is 1. The fourth-order valence-corrected chi connectivity index (χ4v) is 3.63. The molecular weight excluding hydrogens is 407 g/mol. The Morgan fingerprint density at radius 2 is 1.93 bits per heavy atom. The molecule has 1 saturated heterocycles. The van der Waals surface area contributed by atoms with Crippen LogP contribution in [0.4, 0.5) is 0 Å². The van der Waals surface area contributed by atoms with Crippen LogP contribution < -0.4 is 11.1 Å². The Hall–Kier alpha value is -1.22. The maximum Gasteiger partial charge on any atom is 0.271 e. The number of piperidine rings is 1. The van der Waals surface area contributed by atoms with Crippen molar-refractivity contribution in [2.24, 2.45) is 5.73 Å². The van der Waals surface area contributed by atoms with Gasteiger partial charge in [0, 0.05) is 38.1 Å². The first kappa shape index (κ1) is 23.8. The molecule has 0 bridgehead atoms. The molecule has 0 aliphatic carbocycles. The Morgan fingerprint density at radius 1 is 1.26 bits per heavy atom. The molecule has 3 rings (SSSR count). The number of likely N-dealkylation sites (tertiary alicyclic amines) is 1. The Kier molecular flexibility index (Phi) is 10.2. The summed E-state index contributed by atoms with van der Waals surface area (Å²) in [4.78, 5) is 18.8. The van der Waals surface area contributed by atoms with Gasteiger partial charge in [-0.2, -0.15) is 0 Å². The minimum atomic E-state index is -0.174. The first-order chi connectivity index (χ1) is 12.2. The molecule has 0 atom stereocenters. The molecule has 6 nitrogen and oxygen atoms in total. The number of nitrogens with zero attached hydrogens (tertiary/aromatic N) is 2. The molecule has 1 aliphatic heterocycles. The quantitative estimate of drug-likeness (QED) is 0.651. The fourth-order valence-electron chi connectivity index (χ4n) is 2.98. The lowest BCUT2D eigenvalue weighted by atomic mass is 10.0. The van der Waals surface area contributed by atoms with E-state index in [-0.39, 0.29) is 36.8 Å². The molecule has 0 unspecified atom stereocenters. The van der Waals surface area contributed by atoms with Gasteiger partial charge in [0.1, 0.15) is 10.7 Å². The van der Waals surface area contributed by atoms with Crippen molar-refractivity contribution in [3.8, 4) is 0 Å². The Bertz CT molecular complexity index is 721. The lowest BCUT2D eigenvalue weighted by molar-refractivity contribution is 0.0790. The second-order valence-corrected chi connectivity index (χ2v) is 7.23. The van der Waals surface area contributed by atoms with Gasteiger partial charge in [0.15, 0.2) is 0 Å². The highest BCUT2D eigenvalue weighted by Gasteiger charge is 2.18. The predicted octanol–water partition coefficient (Wildman–Crippen LogP) is 2.33. The van der Waals surface area contributed by atoms with Gasteiger partial charge in [0.2, 0.25) is 0 Å². The molecule has 1 aromatic heterocycles. The number of aromatic nitrogens is 1. The number of nitrogens with one attached hydrogen (secondary N) is 1. The Balaban J connectivity index is 0.00000182. The average Bonchev–Trinajstić information content (AvgIpc) is 3.12. The van der Waals surface area contributed by atoms with Crippen molar-refractivity contribution in [2.75, 3.05) is 13.1 Å². The van der Waals surface area contributed by atoms with Gasteiger partial charge < -0.3 is 16.2 Å². The van der Waals surface area contributed by atoms with Gasteiger partial charge in [0.25, 0.3) is 5.91 Å². The zero-order chi connectivity index (χ0) is 17.6. The van der Waals surface area contributed by atoms with Crippen LogP contribution in [0.3, 0.4) is 0 Å². The van der Waals surface area contributed by atoms with E-state index in [1.165, 1.54) is 16.9 Å². The third-order valence-corrected chi connectivity index (χ3v) is 5.34. The minimum Gasteiger partial charge on any atom is -0.393 e. The molecule has 1 fully saturated rings. The van der Waals surface area contributed by atoms with Crippen LogP contribution in [0.15, 0.2) is 29.6 Å². The van der Waals surface area contributed by atoms with E-state index in [4.69, 9.17) is 5.73 Å². The molecule has 0 spiro atoms. The summed E-state index contributed by atoms with van der Waals surface area (Å²) in [6, 6.07) is 8.15. The summed E-state index contributed by atoms with van der Waals surface area (Å²) in [5.41, 5.74) is 8.28. The SMILES string of the molecule is Cl.Cl.NCc1nc(C(=O)NCc2ccccc2CN2CCC(O)CC2)cs1. The van der Waals surface area contributed by atoms with Crippen LogP contribution in [0.5, 0.6) is 0 Å². The summed E-state index contributed by atoms with van der Waals surface area (Å²) in [6.45, 7) is 3.48. The van der Waals surface area contributed by atoms with Gasteiger partial charge in [-0.1, -0.05) is 24.3 Å². The zero-order valence-electron chi connectivity index (χ0n) is 15.0. The van der Waals surface area contributed by atoms with E-state index in [1.54, 1.807) is 5.38 Å². The number of hydrogen-bond acceptors (Lipinski definition) is 6. The Morgan fingerprint density at radius 3 is 2.56 bits per heavy atom. The summed E-state index contributed by atoms with van der Waals surface area (Å²) in [5, 5.41) is 15.1. The molecule has 150 valence electrons. The molecule has 1 amide bonds. The van der Waals surface area contributed by atoms with Crippen molar-refractivity contribution < 1.29 is 9.90 Å². The summed E-state index contributed by atoms with van der Waals surface area (Å²) in [6.07, 6.45) is 1.49. The molecule has 2 aromatic rings. The first-order valence-corrected chi connectivity index (χ1v) is 9.43. The largest absolute Gasteiger partial charge is 0.393 e. The zero-order valence-corrected chi connectivity index (χ0v) is 17.4. The first-order valence-electron chi connectivity index (χ1n) is 8.55. The van der Waals surface area contributed by atoms with Gasteiger partial charge in [-0.05, 0) is 24.0 Å². The van der Waals surface area contributed by atoms with Crippen LogP contribution in [0.1, 0.15) is 39.5 Å². The molecule has 1 aliphatic rings. The monoisotopic (exact) mass is 432 g/mol. The van der Waals surface area contributed by atoms with Crippen LogP contribution in [-0.2, 0) is 19.6 Å². The maximum absolute atomic E-state index is 12.2. The molecule has 4 N–H and O–H groups in total. The summed E-state index contributed by atoms with van der Waals surface area (Å²) < 4.78 is 0. The van der Waals surface area contributed by atoms with Crippen molar-refractivity contribution >= 4 is 42.1 Å². The molecule has 0 radical (unpaired) electrons. The number of thiazole rings is 1. The highest BCUT2D eigenvalue weighted by molar-refractivity contribution is 7.09. The molecular formula is C18H26Cl2N4O2S. The number of aliphatic hydroxyl groups excluding tert-OH is 1. The summed E-state index contributed by atoms with van der Waals surface area (Å²) in [5.74, 6) is -0.174. The van der Waals surface area contributed by atoms with E-state index in [2.05, 4.69) is 21.3 Å². The number of carbonyl (C=O) groups is 1. The van der Waals surface area contributed by atoms with Crippen molar-refractivity contribution in [1.82, 2.24) is 15.2 Å². The smallest absolute Gasteiger partial charge is 0.271 e. The van der Waals surface area contributed by atoms with Crippen LogP contribution in [0.2, 0.25) is 0 Å². The fraction of sp³-hybridized carbons (Fsp3) is 0.444. The van der Waals surface area contributed by atoms with Crippen LogP contribution in [0, 0.1) is 0 Å². The van der Waals surface area contributed by atoms with Crippen LogP contribution in [-0.4, -0.2) is 40.1 Å². The Labute approximate surface area is 176 Å². The van der Waals surface area contributed by atoms with Gasteiger partial charge in [-0.25, -0.2) is 4.98 Å². The van der Waals surface area contributed by atoms with Crippen LogP contribution >= 0.6 is 36.2 Å². The number of hydrogen-bond donors (Lipinski definition) is 3. The van der Waals surface area contributed by atoms with Crippen molar-refractivity contribution in [3.63, 3.8) is 0 Å². The number of amides is 1. The highest BCUT2D eigenvalue weighted by Crippen LogP contribution is 2.17. The lowest BCUT2D eigenvalue weighted by Gasteiger charge is -2.30. The van der Waals surface area contributed by atoms with E-state index in [0.29, 0.717) is 18.8 Å². The van der Waals surface area contributed by atoms with E-state index in [0.717, 1.165) is 43.0 Å². The molecule has 0 saturated carbocycles. The van der Waals surface area contributed by atoms with E-state index in [1.807, 2.05) is 18.2 Å². The number of halogens is 2. The van der Waals surface area contributed by atoms with E-state index >= 15 is 0 Å². The number of aliphatic hydroxyl groups is 1. The summed E-state index contributed by atoms with van der Waals surface area (Å²) in [7, 11) is 0. The summed E-state index contributed by atoms with van der Waals surface area (Å²) >= 11 is 1.40. The molecule has 27 heavy (non-hydrogen) atoms. The molecule has 9 heteroatoms. The molecule has 1 aromatic carbocycles. The number of nitrogens with two attached hydrogens (primary N) is 1. The predicted molar refractivity (Wildman–Crippen MR) is 113 cm³/mol. The van der Waals surface area contributed by atoms with Crippen molar-refractivity contribution in [3.05, 3.63) is 51.5 Å². The van der Waals surface area contributed by atoms with Crippen LogP contribution in [0.25, 0.3) is 0 Å². The minimum absolute atomic E-state index is 0. The normalized spacial score (nSPS) is 14.9. The van der Waals surface area contributed by atoms with E-state index in [9.17, 15) is 9.90 Å². The standard InChI is InChI=1S/C18H24N4O2S.2ClH/c19-9-17-21-16(12-25-17)18(24)20-10-13-3-1-2-4-14(13)11-22-7-5-15(23)6-8-22;;/h1-4,12,15,23H,5-11,19H2,(H,20,24);2*1H. The van der Waals surface area contributed by atoms with Crippen molar-refractivity contribution in [2.45, 2.75) is 38.6 Å². The number of carbonyl (C=O) groups excluding carboxylic acids is 1. The lowest BCUT2D eigenvalue weighted by Crippen LogP contribution is -2.35. The third-order valence-electron chi connectivity index (χ3n) is 4.47. The number of rotatable bonds is 6. The average molecular weight is 433 g/mol. The van der Waals surface area contributed by atoms with Gasteiger partial charge in [-0.15, -0.1) is 36.2 Å². The second-order valence-electron chi connectivity index (χ2n) is 6.29. The molecule has 2 heterocycles. The van der Waals surface area contributed by atoms with Gasteiger partial charge in [-0.3, -0.25) is 9.69 Å². The topological polar surface area (TPSA) is 91.5 Å². The van der Waals surface area contributed by atoms with Gasteiger partial charge >= 0.3 is 0 Å². The third kappa shape index (κ3) is 6.71. The van der Waals surface area contributed by atoms with Crippen molar-refractivity contribution in [1.29, 1.82) is 0 Å². The van der Waals surface area contributed by atoms with E-state index < -0.39 is 0 Å².